The van der Waals surface area contributed by atoms with Crippen LogP contribution >= 0.6 is 0 Å². The van der Waals surface area contributed by atoms with Crippen molar-refractivity contribution < 1.29 is 0 Å². The molecule has 0 amide bonds. The second kappa shape index (κ2) is 2.24. The van der Waals surface area contributed by atoms with E-state index in [1.807, 2.05) is 0 Å². The van der Waals surface area contributed by atoms with Crippen LogP contribution in [0.25, 0.3) is 0 Å². The molecular weight excluding hydrogens is 72.9 g/mol. The van der Waals surface area contributed by atoms with E-state index in [4.69, 9.17) is 0 Å². The third-order valence-electron chi connectivity index (χ3n) is 1.06. The highest BCUT2D eigenvalue weighted by molar-refractivity contribution is 6.32. The first-order chi connectivity index (χ1) is 3.00. The van der Waals surface area contributed by atoms with Crippen molar-refractivity contribution in [1.82, 2.24) is 5.23 Å². The van der Waals surface area contributed by atoms with Crippen molar-refractivity contribution in [2.45, 2.75) is 19.2 Å². The molecule has 1 fully saturated rings. The average molecular weight is 81.9 g/mol. The van der Waals surface area contributed by atoms with Gasteiger partial charge in [0.1, 0.15) is 0 Å². The molecule has 0 spiro atoms. The van der Waals surface area contributed by atoms with Gasteiger partial charge in [0.25, 0.3) is 0 Å². The van der Waals surface area contributed by atoms with Gasteiger partial charge >= 0.3 is 0 Å². The summed E-state index contributed by atoms with van der Waals surface area (Å²) in [7, 11) is 2.14. The van der Waals surface area contributed by atoms with Gasteiger partial charge in [0.2, 0.25) is 7.41 Å². The van der Waals surface area contributed by atoms with E-state index in [2.05, 4.69) is 12.6 Å². The Morgan fingerprint density at radius 2 is 2.33 bits per heavy atom. The molecule has 0 aromatic rings. The van der Waals surface area contributed by atoms with Crippen LogP contribution in [0.3, 0.4) is 0 Å². The summed E-state index contributed by atoms with van der Waals surface area (Å²) in [6, 6.07) is 0. The van der Waals surface area contributed by atoms with Gasteiger partial charge in [-0.1, -0.05) is 12.7 Å². The molecule has 33 valence electrons. The van der Waals surface area contributed by atoms with Crippen molar-refractivity contribution in [3.8, 4) is 0 Å². The molecule has 0 aromatic heterocycles. The Kier molecular flexibility index (Phi) is 1.57. The van der Waals surface area contributed by atoms with Crippen molar-refractivity contribution in [3.63, 3.8) is 0 Å². The zero-order valence-corrected chi connectivity index (χ0v) is 3.91. The fourth-order valence-corrected chi connectivity index (χ4v) is 0.678. The van der Waals surface area contributed by atoms with Crippen LogP contribution in [0, 0.1) is 0 Å². The van der Waals surface area contributed by atoms with Crippen LogP contribution < -0.4 is 5.23 Å². The number of rotatable bonds is 0. The normalized spacial score (nSPS) is 22.7. The van der Waals surface area contributed by atoms with Crippen LogP contribution in [0.15, 0.2) is 0 Å². The highest BCUT2D eigenvalue weighted by atomic mass is 14.7. The summed E-state index contributed by atoms with van der Waals surface area (Å²) in [5.74, 6) is 0. The molecule has 0 aliphatic carbocycles. The predicted molar refractivity (Wildman–Crippen MR) is 27.8 cm³/mol. The largest absolute Gasteiger partial charge is 0.360 e. The molecule has 6 heavy (non-hydrogen) atoms. The van der Waals surface area contributed by atoms with Gasteiger partial charge in [-0.3, -0.25) is 0 Å². The lowest BCUT2D eigenvalue weighted by atomic mass is 9.83. The molecule has 0 bridgehead atoms. The van der Waals surface area contributed by atoms with E-state index in [1.165, 1.54) is 25.7 Å². The van der Waals surface area contributed by atoms with Crippen molar-refractivity contribution in [2.24, 2.45) is 0 Å². The van der Waals surface area contributed by atoms with Gasteiger partial charge in [0, 0.05) is 0 Å². The van der Waals surface area contributed by atoms with Gasteiger partial charge < -0.3 is 5.23 Å². The minimum atomic E-state index is 1.19. The Balaban J connectivity index is 2.00. The molecule has 0 saturated carbocycles. The first-order valence-corrected chi connectivity index (χ1v) is 2.55. The number of hydrogen-bond donors (Lipinski definition) is 1. The Morgan fingerprint density at radius 3 is 2.50 bits per heavy atom. The van der Waals surface area contributed by atoms with Gasteiger partial charge in [-0.15, -0.1) is 0 Å². The Morgan fingerprint density at radius 1 is 1.33 bits per heavy atom. The van der Waals surface area contributed by atoms with E-state index in [1.54, 1.807) is 0 Å². The minimum Gasteiger partial charge on any atom is -0.360 e. The third kappa shape index (κ3) is 1.01. The average Bonchev–Trinajstić information content (AvgIpc) is 1.72. The first kappa shape index (κ1) is 4.19. The maximum Gasteiger partial charge on any atom is 0.205 e. The highest BCUT2D eigenvalue weighted by Gasteiger charge is 1.96. The summed E-state index contributed by atoms with van der Waals surface area (Å²) >= 11 is 0. The lowest BCUT2D eigenvalue weighted by molar-refractivity contribution is 0.722. The Hall–Kier alpha value is 0.0249. The fraction of sp³-hybridized carbons (Fsp3) is 1.00. The van der Waals surface area contributed by atoms with Gasteiger partial charge in [0.15, 0.2) is 0 Å². The van der Waals surface area contributed by atoms with E-state index >= 15 is 0 Å². The first-order valence-electron chi connectivity index (χ1n) is 2.55. The molecule has 2 heteroatoms. The van der Waals surface area contributed by atoms with Crippen LogP contribution in [0.2, 0.25) is 6.32 Å². The summed E-state index contributed by atoms with van der Waals surface area (Å²) in [6.07, 6.45) is 4.00. The Bertz CT molecular complexity index is 23.0. The summed E-state index contributed by atoms with van der Waals surface area (Å²) in [5.41, 5.74) is 0. The quantitative estimate of drug-likeness (QED) is 0.417. The maximum absolute atomic E-state index is 3.16. The third-order valence-corrected chi connectivity index (χ3v) is 1.06. The van der Waals surface area contributed by atoms with Crippen molar-refractivity contribution in [1.29, 1.82) is 0 Å². The monoisotopic (exact) mass is 82.1 g/mol. The SMILES string of the molecule is [B]1CCCCN1. The van der Waals surface area contributed by atoms with Gasteiger partial charge in [0.05, 0.1) is 0 Å². The van der Waals surface area contributed by atoms with Crippen LogP contribution in [-0.4, -0.2) is 14.0 Å². The van der Waals surface area contributed by atoms with Gasteiger partial charge in [-0.05, 0) is 13.0 Å². The summed E-state index contributed by atoms with van der Waals surface area (Å²) in [4.78, 5) is 0. The molecule has 1 N–H and O–H groups in total. The van der Waals surface area contributed by atoms with Crippen molar-refractivity contribution in [3.05, 3.63) is 0 Å². The van der Waals surface area contributed by atoms with E-state index in [-0.39, 0.29) is 0 Å². The zero-order chi connectivity index (χ0) is 4.24. The Labute approximate surface area is 39.4 Å². The van der Waals surface area contributed by atoms with Crippen LogP contribution in [-0.2, 0) is 0 Å². The highest BCUT2D eigenvalue weighted by Crippen LogP contribution is 1.96. The van der Waals surface area contributed by atoms with E-state index < -0.39 is 0 Å². The zero-order valence-electron chi connectivity index (χ0n) is 3.91. The molecule has 0 atom stereocenters. The summed E-state index contributed by atoms with van der Waals surface area (Å²) in [6.45, 7) is 1.19. The maximum atomic E-state index is 3.16. The van der Waals surface area contributed by atoms with Gasteiger partial charge in [-0.2, -0.15) is 0 Å². The molecule has 0 unspecified atom stereocenters. The number of nitrogens with one attached hydrogen (secondary N) is 1. The van der Waals surface area contributed by atoms with E-state index in [9.17, 15) is 0 Å². The van der Waals surface area contributed by atoms with Crippen molar-refractivity contribution in [2.75, 3.05) is 6.54 Å². The molecule has 1 saturated heterocycles. The molecular formula is C4H9BN. The lowest BCUT2D eigenvalue weighted by Crippen LogP contribution is -2.24. The van der Waals surface area contributed by atoms with Crippen molar-refractivity contribution >= 4 is 7.41 Å². The fourth-order valence-electron chi connectivity index (χ4n) is 0.678. The molecule has 1 rings (SSSR count). The van der Waals surface area contributed by atoms with E-state index in [0.717, 1.165) is 0 Å². The standard InChI is InChI=1S/C4H9BN/c1-2-4-6-5-3-1/h6H,1-4H2. The molecule has 1 aliphatic heterocycles. The minimum absolute atomic E-state index is 1.19. The van der Waals surface area contributed by atoms with E-state index in [0.29, 0.717) is 0 Å². The van der Waals surface area contributed by atoms with Crippen LogP contribution in [0.1, 0.15) is 12.8 Å². The summed E-state index contributed by atoms with van der Waals surface area (Å²) < 4.78 is 0. The molecule has 1 aliphatic rings. The second-order valence-corrected chi connectivity index (χ2v) is 1.65. The van der Waals surface area contributed by atoms with Gasteiger partial charge in [-0.25, -0.2) is 0 Å². The number of hydrogen-bond acceptors (Lipinski definition) is 1. The topological polar surface area (TPSA) is 12.0 Å². The predicted octanol–water partition coefficient (Wildman–Crippen LogP) is 0.407. The smallest absolute Gasteiger partial charge is 0.205 e. The van der Waals surface area contributed by atoms with Crippen LogP contribution in [0.5, 0.6) is 0 Å². The molecule has 1 heterocycles. The second-order valence-electron chi connectivity index (χ2n) is 1.65. The molecule has 1 nitrogen and oxygen atoms in total. The molecule has 1 radical (unpaired) electrons. The summed E-state index contributed by atoms with van der Waals surface area (Å²) in [5, 5.41) is 3.16. The molecule has 0 aromatic carbocycles. The lowest BCUT2D eigenvalue weighted by Gasteiger charge is -2.07. The van der Waals surface area contributed by atoms with Crippen LogP contribution in [0.4, 0.5) is 0 Å².